The number of nitrogens with zero attached hydrogens (tertiary/aromatic N) is 2. The largest absolute Gasteiger partial charge is 0.497 e. The summed E-state index contributed by atoms with van der Waals surface area (Å²) in [4.78, 5) is 29.4. The molecule has 0 fully saturated rings. The van der Waals surface area contributed by atoms with Crippen LogP contribution in [0.15, 0.2) is 109 Å². The zero-order valence-electron chi connectivity index (χ0n) is 25.4. The molecule has 2 amide bonds. The van der Waals surface area contributed by atoms with Gasteiger partial charge in [0.25, 0.3) is 0 Å². The molecule has 0 saturated carbocycles. The fourth-order valence-corrected chi connectivity index (χ4v) is 5.63. The van der Waals surface area contributed by atoms with E-state index in [1.165, 1.54) is 17.0 Å². The third-order valence-electron chi connectivity index (χ3n) is 7.39. The fraction of sp³-hybridized carbons (Fsp3) is 0.257. The fourth-order valence-electron chi connectivity index (χ4n) is 4.90. The molecule has 0 spiro atoms. The van der Waals surface area contributed by atoms with E-state index in [-0.39, 0.29) is 25.4 Å². The Labute approximate surface area is 264 Å². The van der Waals surface area contributed by atoms with E-state index in [0.717, 1.165) is 33.0 Å². The maximum absolute atomic E-state index is 14.1. The number of hydrogen-bond donors (Lipinski definition) is 1. The summed E-state index contributed by atoms with van der Waals surface area (Å²) < 4.78 is 45.7. The van der Waals surface area contributed by atoms with Gasteiger partial charge >= 0.3 is 0 Å². The van der Waals surface area contributed by atoms with Crippen molar-refractivity contribution in [2.45, 2.75) is 32.0 Å². The molecule has 0 aromatic heterocycles. The van der Waals surface area contributed by atoms with Crippen molar-refractivity contribution in [1.82, 2.24) is 14.5 Å². The molecular weight excluding hydrogens is 593 g/mol. The highest BCUT2D eigenvalue weighted by molar-refractivity contribution is 7.88. The number of halogens is 1. The van der Waals surface area contributed by atoms with Gasteiger partial charge in [-0.2, -0.15) is 4.31 Å². The van der Waals surface area contributed by atoms with Crippen molar-refractivity contribution in [2.75, 3.05) is 26.5 Å². The smallest absolute Gasteiger partial charge is 0.243 e. The molecule has 4 aromatic rings. The minimum atomic E-state index is -3.80. The van der Waals surface area contributed by atoms with Gasteiger partial charge in [0.15, 0.2) is 0 Å². The van der Waals surface area contributed by atoms with Crippen molar-refractivity contribution in [2.24, 2.45) is 0 Å². The number of hydrogen-bond acceptors (Lipinski definition) is 5. The van der Waals surface area contributed by atoms with Gasteiger partial charge < -0.3 is 15.0 Å². The molecule has 236 valence electrons. The van der Waals surface area contributed by atoms with E-state index in [4.69, 9.17) is 4.74 Å². The highest BCUT2D eigenvalue weighted by atomic mass is 32.2. The third kappa shape index (κ3) is 10.3. The van der Waals surface area contributed by atoms with Crippen molar-refractivity contribution in [1.29, 1.82) is 0 Å². The number of sulfonamides is 1. The summed E-state index contributed by atoms with van der Waals surface area (Å²) in [6, 6.07) is 30.5. The Kier molecular flexibility index (Phi) is 11.8. The lowest BCUT2D eigenvalue weighted by Gasteiger charge is -2.33. The lowest BCUT2D eigenvalue weighted by molar-refractivity contribution is -0.141. The number of benzene rings is 4. The van der Waals surface area contributed by atoms with E-state index in [2.05, 4.69) is 5.32 Å². The molecule has 1 N–H and O–H groups in total. The van der Waals surface area contributed by atoms with Crippen LogP contribution in [0, 0.1) is 5.82 Å². The predicted molar refractivity (Wildman–Crippen MR) is 172 cm³/mol. The molecule has 4 rings (SSSR count). The minimum Gasteiger partial charge on any atom is -0.497 e. The van der Waals surface area contributed by atoms with Gasteiger partial charge in [-0.25, -0.2) is 12.8 Å². The maximum Gasteiger partial charge on any atom is 0.243 e. The topological polar surface area (TPSA) is 96.0 Å². The van der Waals surface area contributed by atoms with Gasteiger partial charge in [-0.05, 0) is 52.9 Å². The Morgan fingerprint density at radius 3 is 1.91 bits per heavy atom. The summed E-state index contributed by atoms with van der Waals surface area (Å²) in [6.07, 6.45) is 1.80. The summed E-state index contributed by atoms with van der Waals surface area (Å²) in [6.45, 7) is -0.184. The molecule has 0 bridgehead atoms. The summed E-state index contributed by atoms with van der Waals surface area (Å²) >= 11 is 0. The van der Waals surface area contributed by atoms with Crippen LogP contribution in [0.3, 0.4) is 0 Å². The van der Waals surface area contributed by atoms with Gasteiger partial charge in [0, 0.05) is 26.1 Å². The van der Waals surface area contributed by atoms with Gasteiger partial charge in [0.1, 0.15) is 17.6 Å². The number of amides is 2. The SMILES string of the molecule is COc1ccc(CCNC(=O)C(Cc2ccccc2)N(Cc2ccc(F)cc2)C(=O)CN(Cc2ccccc2)S(C)(=O)=O)cc1. The normalized spacial score (nSPS) is 12.0. The zero-order chi connectivity index (χ0) is 32.2. The van der Waals surface area contributed by atoms with Crippen molar-refractivity contribution >= 4 is 21.8 Å². The van der Waals surface area contributed by atoms with Crippen LogP contribution in [-0.4, -0.2) is 61.9 Å². The van der Waals surface area contributed by atoms with Crippen LogP contribution in [0.2, 0.25) is 0 Å². The minimum absolute atomic E-state index is 0.00674. The number of carbonyl (C=O) groups is 2. The first-order valence-electron chi connectivity index (χ1n) is 14.6. The number of nitrogens with one attached hydrogen (secondary N) is 1. The Morgan fingerprint density at radius 2 is 1.33 bits per heavy atom. The van der Waals surface area contributed by atoms with E-state index in [9.17, 15) is 22.4 Å². The molecule has 0 aliphatic heterocycles. The van der Waals surface area contributed by atoms with Crippen LogP contribution >= 0.6 is 0 Å². The van der Waals surface area contributed by atoms with Crippen LogP contribution in [-0.2, 0) is 45.5 Å². The van der Waals surface area contributed by atoms with Crippen LogP contribution in [0.1, 0.15) is 22.3 Å². The van der Waals surface area contributed by atoms with Crippen molar-refractivity contribution in [3.8, 4) is 5.75 Å². The predicted octanol–water partition coefficient (Wildman–Crippen LogP) is 4.59. The maximum atomic E-state index is 14.1. The molecule has 45 heavy (non-hydrogen) atoms. The van der Waals surface area contributed by atoms with E-state index < -0.39 is 34.3 Å². The molecule has 0 aliphatic rings. The first kappa shape index (κ1) is 33.4. The second-order valence-corrected chi connectivity index (χ2v) is 12.7. The van der Waals surface area contributed by atoms with E-state index >= 15 is 0 Å². The summed E-state index contributed by atoms with van der Waals surface area (Å²) in [5, 5.41) is 2.98. The molecule has 1 atom stereocenters. The third-order valence-corrected chi connectivity index (χ3v) is 8.59. The monoisotopic (exact) mass is 631 g/mol. The highest BCUT2D eigenvalue weighted by Gasteiger charge is 2.32. The van der Waals surface area contributed by atoms with Crippen LogP contribution in [0.4, 0.5) is 4.39 Å². The number of ether oxygens (including phenoxy) is 1. The Morgan fingerprint density at radius 1 is 0.778 bits per heavy atom. The zero-order valence-corrected chi connectivity index (χ0v) is 26.3. The molecule has 0 radical (unpaired) electrons. The van der Waals surface area contributed by atoms with Crippen molar-refractivity contribution in [3.05, 3.63) is 137 Å². The molecule has 4 aromatic carbocycles. The average Bonchev–Trinajstić information content (AvgIpc) is 3.04. The van der Waals surface area contributed by atoms with Crippen LogP contribution in [0.25, 0.3) is 0 Å². The number of methoxy groups -OCH3 is 1. The number of rotatable bonds is 15. The second kappa shape index (κ2) is 16.0. The Bertz CT molecular complexity index is 1630. The van der Waals surface area contributed by atoms with Gasteiger partial charge in [0.2, 0.25) is 21.8 Å². The summed E-state index contributed by atoms with van der Waals surface area (Å²) in [5.41, 5.74) is 3.15. The van der Waals surface area contributed by atoms with E-state index in [1.807, 2.05) is 60.7 Å². The van der Waals surface area contributed by atoms with Crippen LogP contribution in [0.5, 0.6) is 5.75 Å². The van der Waals surface area contributed by atoms with Crippen molar-refractivity contribution < 1.29 is 27.1 Å². The van der Waals surface area contributed by atoms with Gasteiger partial charge in [0.05, 0.1) is 19.9 Å². The number of carbonyl (C=O) groups excluding carboxylic acids is 2. The van der Waals surface area contributed by atoms with Crippen LogP contribution < -0.4 is 10.1 Å². The average molecular weight is 632 g/mol. The Hall–Kier alpha value is -4.54. The first-order chi connectivity index (χ1) is 21.6. The Balaban J connectivity index is 1.62. The molecule has 0 heterocycles. The molecule has 1 unspecified atom stereocenters. The van der Waals surface area contributed by atoms with Gasteiger partial charge in [-0.3, -0.25) is 9.59 Å². The lowest BCUT2D eigenvalue weighted by atomic mass is 10.0. The molecule has 0 aliphatic carbocycles. The van der Waals surface area contributed by atoms with Crippen molar-refractivity contribution in [3.63, 3.8) is 0 Å². The quantitative estimate of drug-likeness (QED) is 0.207. The standard InChI is InChI=1S/C35H38FN3O5S/c1-44-32-19-15-27(16-20-32)21-22-37-35(41)33(23-28-9-5-3-6-10-28)39(25-30-13-17-31(36)18-14-30)34(40)26-38(45(2,42)43)24-29-11-7-4-8-12-29/h3-20,33H,21-26H2,1-2H3,(H,37,41). The molecule has 0 saturated heterocycles. The van der Waals surface area contributed by atoms with Gasteiger partial charge in [-0.1, -0.05) is 84.9 Å². The lowest BCUT2D eigenvalue weighted by Crippen LogP contribution is -2.53. The second-order valence-electron chi connectivity index (χ2n) is 10.8. The molecule has 10 heteroatoms. The van der Waals surface area contributed by atoms with E-state index in [1.54, 1.807) is 43.5 Å². The first-order valence-corrected chi connectivity index (χ1v) is 16.4. The summed E-state index contributed by atoms with van der Waals surface area (Å²) in [7, 11) is -2.20. The molecule has 8 nitrogen and oxygen atoms in total. The highest BCUT2D eigenvalue weighted by Crippen LogP contribution is 2.18. The molecular formula is C35H38FN3O5S. The van der Waals surface area contributed by atoms with E-state index in [0.29, 0.717) is 18.5 Å². The van der Waals surface area contributed by atoms with Gasteiger partial charge in [-0.15, -0.1) is 0 Å². The summed E-state index contributed by atoms with van der Waals surface area (Å²) in [5.74, 6) is -0.625.